The lowest BCUT2D eigenvalue weighted by Crippen LogP contribution is -2.20. The number of ether oxygens (including phenoxy) is 1. The van der Waals surface area contributed by atoms with Crippen LogP contribution in [-0.2, 0) is 9.30 Å². The molecule has 2 nitrogen and oxygen atoms in total. The average molecular weight is 326 g/mol. The van der Waals surface area contributed by atoms with Crippen LogP contribution < -0.4 is 10.6 Å². The average Bonchev–Trinajstić information content (AvgIpc) is 2.59. The minimum Gasteiger partial charge on any atom is -0.493 e. The van der Waals surface area contributed by atoms with Gasteiger partial charge >= 0.3 is 0 Å². The van der Waals surface area contributed by atoms with Gasteiger partial charge in [0.15, 0.2) is 7.14 Å². The first-order chi connectivity index (χ1) is 11.1. The molecule has 0 spiro atoms. The standard InChI is InChI=1S/C20H23O2P/c1-4-15-22-20(17(2)3)16-23(21,18-11-7-5-8-12-18)19-13-9-6-10-14-19/h4-14H,1,15-16H2,2-3H3. The lowest BCUT2D eigenvalue weighted by atomic mass is 10.3. The highest BCUT2D eigenvalue weighted by atomic mass is 31.2. The second-order valence-electron chi connectivity index (χ2n) is 5.59. The number of hydrogen-bond donors (Lipinski definition) is 0. The molecule has 2 rings (SSSR count). The largest absolute Gasteiger partial charge is 0.493 e. The van der Waals surface area contributed by atoms with Crippen LogP contribution in [0.1, 0.15) is 13.8 Å². The van der Waals surface area contributed by atoms with Gasteiger partial charge in [0.25, 0.3) is 0 Å². The highest BCUT2D eigenvalue weighted by Gasteiger charge is 2.29. The Kier molecular flexibility index (Phi) is 6.01. The van der Waals surface area contributed by atoms with E-state index in [2.05, 4.69) is 6.58 Å². The molecule has 2 aromatic carbocycles. The molecule has 0 radical (unpaired) electrons. The van der Waals surface area contributed by atoms with Crippen LogP contribution in [0.4, 0.5) is 0 Å². The summed E-state index contributed by atoms with van der Waals surface area (Å²) in [6.45, 7) is 8.08. The Hall–Kier alpha value is -2.05. The van der Waals surface area contributed by atoms with Crippen LogP contribution in [0.15, 0.2) is 84.7 Å². The number of allylic oxidation sites excluding steroid dienone is 2. The summed E-state index contributed by atoms with van der Waals surface area (Å²) >= 11 is 0. The van der Waals surface area contributed by atoms with E-state index in [0.29, 0.717) is 12.8 Å². The summed E-state index contributed by atoms with van der Waals surface area (Å²) in [6, 6.07) is 19.3. The van der Waals surface area contributed by atoms with Gasteiger partial charge in [-0.3, -0.25) is 0 Å². The normalized spacial score (nSPS) is 10.9. The predicted octanol–water partition coefficient (Wildman–Crippen LogP) is 4.50. The zero-order valence-electron chi connectivity index (χ0n) is 13.7. The van der Waals surface area contributed by atoms with E-state index in [1.165, 1.54) is 0 Å². The summed E-state index contributed by atoms with van der Waals surface area (Å²) in [7, 11) is -2.79. The van der Waals surface area contributed by atoms with Crippen molar-refractivity contribution in [3.8, 4) is 0 Å². The number of benzene rings is 2. The van der Waals surface area contributed by atoms with Crippen molar-refractivity contribution in [2.45, 2.75) is 13.8 Å². The molecule has 0 saturated carbocycles. The van der Waals surface area contributed by atoms with Crippen molar-refractivity contribution in [3.63, 3.8) is 0 Å². The van der Waals surface area contributed by atoms with E-state index in [4.69, 9.17) is 4.74 Å². The molecule has 3 heteroatoms. The Morgan fingerprint density at radius 1 is 1.00 bits per heavy atom. The molecule has 0 unspecified atom stereocenters. The maximum absolute atomic E-state index is 14.0. The Morgan fingerprint density at radius 2 is 1.48 bits per heavy atom. The van der Waals surface area contributed by atoms with Crippen LogP contribution in [0.2, 0.25) is 0 Å². The van der Waals surface area contributed by atoms with Gasteiger partial charge in [0.05, 0.1) is 6.16 Å². The van der Waals surface area contributed by atoms with Crippen molar-refractivity contribution in [1.29, 1.82) is 0 Å². The molecule has 0 aromatic heterocycles. The van der Waals surface area contributed by atoms with E-state index < -0.39 is 7.14 Å². The van der Waals surface area contributed by atoms with Crippen molar-refractivity contribution >= 4 is 17.8 Å². The number of hydrogen-bond acceptors (Lipinski definition) is 2. The third-order valence-corrected chi connectivity index (χ3v) is 6.64. The fourth-order valence-electron chi connectivity index (χ4n) is 2.38. The minimum absolute atomic E-state index is 0.386. The number of rotatable bonds is 7. The second kappa shape index (κ2) is 7.99. The molecule has 0 N–H and O–H groups in total. The van der Waals surface area contributed by atoms with Gasteiger partial charge in [0, 0.05) is 10.6 Å². The summed E-state index contributed by atoms with van der Waals surface area (Å²) in [4.78, 5) is 0. The van der Waals surface area contributed by atoms with Crippen LogP contribution in [0.3, 0.4) is 0 Å². The quantitative estimate of drug-likeness (QED) is 0.425. The summed E-state index contributed by atoms with van der Waals surface area (Å²) in [5.41, 5.74) is 1.04. The van der Waals surface area contributed by atoms with Gasteiger partial charge in [-0.1, -0.05) is 73.3 Å². The second-order valence-corrected chi connectivity index (χ2v) is 8.42. The van der Waals surface area contributed by atoms with E-state index >= 15 is 0 Å². The third-order valence-electron chi connectivity index (χ3n) is 3.65. The fourth-order valence-corrected chi connectivity index (χ4v) is 5.16. The molecule has 0 fully saturated rings. The van der Waals surface area contributed by atoms with Gasteiger partial charge in [-0.05, 0) is 19.4 Å². The van der Waals surface area contributed by atoms with Gasteiger partial charge in [-0.2, -0.15) is 0 Å². The van der Waals surface area contributed by atoms with E-state index in [1.807, 2.05) is 74.5 Å². The van der Waals surface area contributed by atoms with Crippen LogP contribution in [0, 0.1) is 0 Å². The molecule has 0 aliphatic heterocycles. The van der Waals surface area contributed by atoms with Crippen molar-refractivity contribution in [2.75, 3.05) is 12.8 Å². The molecular formula is C20H23O2P. The summed E-state index contributed by atoms with van der Waals surface area (Å²) in [5.74, 6) is 0.779. The van der Waals surface area contributed by atoms with Crippen molar-refractivity contribution in [3.05, 3.63) is 84.7 Å². The highest BCUT2D eigenvalue weighted by Crippen LogP contribution is 2.45. The van der Waals surface area contributed by atoms with Gasteiger partial charge in [-0.25, -0.2) is 0 Å². The zero-order valence-corrected chi connectivity index (χ0v) is 14.6. The van der Waals surface area contributed by atoms with Crippen LogP contribution in [-0.4, -0.2) is 12.8 Å². The van der Waals surface area contributed by atoms with E-state index in [0.717, 1.165) is 21.9 Å². The highest BCUT2D eigenvalue weighted by molar-refractivity contribution is 7.78. The zero-order chi connectivity index (χ0) is 16.7. The van der Waals surface area contributed by atoms with Crippen LogP contribution in [0.25, 0.3) is 0 Å². The van der Waals surface area contributed by atoms with Crippen molar-refractivity contribution < 1.29 is 9.30 Å². The molecule has 0 saturated heterocycles. The van der Waals surface area contributed by atoms with Gasteiger partial charge in [0.1, 0.15) is 12.4 Å². The van der Waals surface area contributed by atoms with E-state index in [-0.39, 0.29) is 0 Å². The van der Waals surface area contributed by atoms with Gasteiger partial charge in [-0.15, -0.1) is 0 Å². The smallest absolute Gasteiger partial charge is 0.150 e. The summed E-state index contributed by atoms with van der Waals surface area (Å²) in [6.07, 6.45) is 2.09. The summed E-state index contributed by atoms with van der Waals surface area (Å²) < 4.78 is 19.7. The Morgan fingerprint density at radius 3 is 1.87 bits per heavy atom. The predicted molar refractivity (Wildman–Crippen MR) is 99.1 cm³/mol. The first kappa shape index (κ1) is 17.3. The molecule has 0 aliphatic rings. The SMILES string of the molecule is C=CCOC(CP(=O)(c1ccccc1)c1ccccc1)=C(C)C. The monoisotopic (exact) mass is 326 g/mol. The molecule has 120 valence electrons. The van der Waals surface area contributed by atoms with Crippen molar-refractivity contribution in [1.82, 2.24) is 0 Å². The minimum atomic E-state index is -2.79. The Balaban J connectivity index is 2.49. The van der Waals surface area contributed by atoms with E-state index in [9.17, 15) is 4.57 Å². The first-order valence-electron chi connectivity index (χ1n) is 7.68. The third kappa shape index (κ3) is 4.24. The van der Waals surface area contributed by atoms with Crippen LogP contribution >= 0.6 is 7.14 Å². The Labute approximate surface area is 138 Å². The summed E-state index contributed by atoms with van der Waals surface area (Å²) in [5, 5.41) is 1.71. The van der Waals surface area contributed by atoms with E-state index in [1.54, 1.807) is 6.08 Å². The van der Waals surface area contributed by atoms with Gasteiger partial charge < -0.3 is 9.30 Å². The molecule has 0 aliphatic carbocycles. The van der Waals surface area contributed by atoms with Crippen LogP contribution in [0.5, 0.6) is 0 Å². The Bertz CT molecular complexity index is 670. The molecule has 23 heavy (non-hydrogen) atoms. The lowest BCUT2D eigenvalue weighted by Gasteiger charge is -2.22. The first-order valence-corrected chi connectivity index (χ1v) is 9.57. The fraction of sp³-hybridized carbons (Fsp3) is 0.200. The molecule has 0 atom stereocenters. The van der Waals surface area contributed by atoms with Crippen molar-refractivity contribution in [2.24, 2.45) is 0 Å². The maximum atomic E-state index is 14.0. The topological polar surface area (TPSA) is 26.3 Å². The molecule has 0 heterocycles. The molecule has 2 aromatic rings. The molecule has 0 amide bonds. The lowest BCUT2D eigenvalue weighted by molar-refractivity contribution is 0.247. The van der Waals surface area contributed by atoms with Gasteiger partial charge in [0.2, 0.25) is 0 Å². The molecular weight excluding hydrogens is 303 g/mol. The molecule has 0 bridgehead atoms. The maximum Gasteiger partial charge on any atom is 0.150 e.